The third-order valence-corrected chi connectivity index (χ3v) is 3.02. The molecule has 0 saturated heterocycles. The first kappa shape index (κ1) is 11.7. The Morgan fingerprint density at radius 3 is 2.74 bits per heavy atom. The fourth-order valence-corrected chi connectivity index (χ4v) is 2.07. The summed E-state index contributed by atoms with van der Waals surface area (Å²) in [6.45, 7) is 2.44. The van der Waals surface area contributed by atoms with Crippen LogP contribution in [-0.4, -0.2) is 0 Å². The summed E-state index contributed by atoms with van der Waals surface area (Å²) in [4.78, 5) is 0. The van der Waals surface area contributed by atoms with Crippen molar-refractivity contribution in [3.8, 4) is 5.75 Å². The zero-order valence-corrected chi connectivity index (χ0v) is 10.7. The largest absolute Gasteiger partial charge is 0.486 e. The van der Waals surface area contributed by atoms with Gasteiger partial charge in [-0.2, -0.15) is 0 Å². The van der Waals surface area contributed by atoms with Crippen LogP contribution in [0.4, 0.5) is 5.69 Å². The van der Waals surface area contributed by atoms with Crippen molar-refractivity contribution in [1.82, 2.24) is 0 Å². The number of hydrogen-bond acceptors (Lipinski definition) is 3. The highest BCUT2D eigenvalue weighted by molar-refractivity contribution is 5.89. The van der Waals surface area contributed by atoms with Crippen molar-refractivity contribution >= 4 is 16.7 Å². The van der Waals surface area contributed by atoms with Gasteiger partial charge in [0.25, 0.3) is 0 Å². The summed E-state index contributed by atoms with van der Waals surface area (Å²) in [7, 11) is 0. The van der Waals surface area contributed by atoms with Gasteiger partial charge in [-0.15, -0.1) is 0 Å². The van der Waals surface area contributed by atoms with Crippen LogP contribution in [0, 0.1) is 6.92 Å². The number of nitrogens with two attached hydrogens (primary N) is 1. The molecule has 2 aromatic carbocycles. The van der Waals surface area contributed by atoms with E-state index in [1.165, 1.54) is 5.56 Å². The maximum Gasteiger partial charge on any atom is 0.146 e. The Bertz CT molecular complexity index is 716. The minimum atomic E-state index is 0.400. The van der Waals surface area contributed by atoms with Crippen LogP contribution in [0.25, 0.3) is 11.0 Å². The molecule has 96 valence electrons. The quantitative estimate of drug-likeness (QED) is 0.720. The third-order valence-electron chi connectivity index (χ3n) is 3.02. The van der Waals surface area contributed by atoms with Crippen LogP contribution >= 0.6 is 0 Å². The van der Waals surface area contributed by atoms with Gasteiger partial charge in [0.2, 0.25) is 0 Å². The van der Waals surface area contributed by atoms with E-state index in [0.29, 0.717) is 6.61 Å². The zero-order chi connectivity index (χ0) is 13.2. The maximum absolute atomic E-state index is 5.90. The van der Waals surface area contributed by atoms with Crippen LogP contribution in [0.3, 0.4) is 0 Å². The van der Waals surface area contributed by atoms with Gasteiger partial charge in [-0.05, 0) is 42.8 Å². The van der Waals surface area contributed by atoms with E-state index >= 15 is 0 Å². The second kappa shape index (κ2) is 4.69. The van der Waals surface area contributed by atoms with Gasteiger partial charge in [-0.25, -0.2) is 0 Å². The molecular weight excluding hydrogens is 238 g/mol. The first-order chi connectivity index (χ1) is 9.22. The van der Waals surface area contributed by atoms with Gasteiger partial charge in [-0.3, -0.25) is 0 Å². The average Bonchev–Trinajstić information content (AvgIpc) is 2.81. The lowest BCUT2D eigenvalue weighted by molar-refractivity contribution is 0.274. The van der Waals surface area contributed by atoms with Gasteiger partial charge < -0.3 is 14.9 Å². The molecule has 0 spiro atoms. The van der Waals surface area contributed by atoms with E-state index in [2.05, 4.69) is 0 Å². The summed E-state index contributed by atoms with van der Waals surface area (Å²) in [6.07, 6.45) is 0. The monoisotopic (exact) mass is 253 g/mol. The molecule has 0 atom stereocenters. The molecule has 3 aromatic rings. The lowest BCUT2D eigenvalue weighted by atomic mass is 10.2. The van der Waals surface area contributed by atoms with Crippen LogP contribution in [0.5, 0.6) is 5.75 Å². The van der Waals surface area contributed by atoms with Crippen molar-refractivity contribution < 1.29 is 9.15 Å². The SMILES string of the molecule is Cc1cccc(OCc2cc3c(N)cccc3o2)c1. The number of rotatable bonds is 3. The van der Waals surface area contributed by atoms with Crippen LogP contribution in [0.2, 0.25) is 0 Å². The molecule has 0 aliphatic carbocycles. The predicted molar refractivity (Wildman–Crippen MR) is 76.1 cm³/mol. The van der Waals surface area contributed by atoms with Gasteiger partial charge in [0.05, 0.1) is 0 Å². The number of aryl methyl sites for hydroxylation is 1. The van der Waals surface area contributed by atoms with Gasteiger partial charge in [0.1, 0.15) is 23.7 Å². The Morgan fingerprint density at radius 1 is 1.11 bits per heavy atom. The molecule has 2 N–H and O–H groups in total. The van der Waals surface area contributed by atoms with Crippen LogP contribution < -0.4 is 10.5 Å². The van der Waals surface area contributed by atoms with Crippen molar-refractivity contribution in [2.24, 2.45) is 0 Å². The highest BCUT2D eigenvalue weighted by atomic mass is 16.5. The van der Waals surface area contributed by atoms with E-state index in [1.807, 2.05) is 55.5 Å². The minimum Gasteiger partial charge on any atom is -0.486 e. The van der Waals surface area contributed by atoms with Gasteiger partial charge in [0.15, 0.2) is 0 Å². The Balaban J connectivity index is 1.80. The Kier molecular flexibility index (Phi) is 2.88. The third kappa shape index (κ3) is 2.40. The molecule has 19 heavy (non-hydrogen) atoms. The summed E-state index contributed by atoms with van der Waals surface area (Å²) in [5, 5.41) is 0.936. The van der Waals surface area contributed by atoms with E-state index in [0.717, 1.165) is 28.2 Å². The van der Waals surface area contributed by atoms with Crippen molar-refractivity contribution in [2.45, 2.75) is 13.5 Å². The number of benzene rings is 2. The molecule has 0 radical (unpaired) electrons. The molecular formula is C16H15NO2. The van der Waals surface area contributed by atoms with Crippen LogP contribution in [0.1, 0.15) is 11.3 Å². The average molecular weight is 253 g/mol. The van der Waals surface area contributed by atoms with Gasteiger partial charge >= 0.3 is 0 Å². The predicted octanol–water partition coefficient (Wildman–Crippen LogP) is 3.90. The summed E-state index contributed by atoms with van der Waals surface area (Å²) >= 11 is 0. The molecule has 0 aliphatic rings. The normalized spacial score (nSPS) is 10.8. The summed E-state index contributed by atoms with van der Waals surface area (Å²) < 4.78 is 11.4. The number of hydrogen-bond donors (Lipinski definition) is 1. The molecule has 0 saturated carbocycles. The van der Waals surface area contributed by atoms with E-state index in [1.54, 1.807) is 0 Å². The molecule has 3 rings (SSSR count). The molecule has 3 nitrogen and oxygen atoms in total. The smallest absolute Gasteiger partial charge is 0.146 e. The highest BCUT2D eigenvalue weighted by Gasteiger charge is 2.06. The number of anilines is 1. The molecule has 0 unspecified atom stereocenters. The topological polar surface area (TPSA) is 48.4 Å². The highest BCUT2D eigenvalue weighted by Crippen LogP contribution is 2.25. The molecule has 3 heteroatoms. The van der Waals surface area contributed by atoms with Crippen molar-refractivity contribution in [3.05, 3.63) is 59.9 Å². The molecule has 0 bridgehead atoms. The first-order valence-electron chi connectivity index (χ1n) is 6.19. The lowest BCUT2D eigenvalue weighted by Gasteiger charge is -2.04. The second-order valence-electron chi connectivity index (χ2n) is 4.58. The summed E-state index contributed by atoms with van der Waals surface area (Å²) in [5.74, 6) is 1.61. The van der Waals surface area contributed by atoms with Crippen molar-refractivity contribution in [3.63, 3.8) is 0 Å². The minimum absolute atomic E-state index is 0.400. The number of ether oxygens (including phenoxy) is 1. The molecule has 0 fully saturated rings. The number of furan rings is 1. The summed E-state index contributed by atoms with van der Waals surface area (Å²) in [6, 6.07) is 15.5. The van der Waals surface area contributed by atoms with E-state index in [-0.39, 0.29) is 0 Å². The fraction of sp³-hybridized carbons (Fsp3) is 0.125. The van der Waals surface area contributed by atoms with E-state index in [4.69, 9.17) is 14.9 Å². The lowest BCUT2D eigenvalue weighted by Crippen LogP contribution is -1.93. The van der Waals surface area contributed by atoms with Crippen molar-refractivity contribution in [2.75, 3.05) is 5.73 Å². The number of nitrogen functional groups attached to an aromatic ring is 1. The van der Waals surface area contributed by atoms with Gasteiger partial charge in [-0.1, -0.05) is 18.2 Å². The number of fused-ring (bicyclic) bond motifs is 1. The Hall–Kier alpha value is -2.42. The van der Waals surface area contributed by atoms with Crippen LogP contribution in [0.15, 0.2) is 52.9 Å². The van der Waals surface area contributed by atoms with Crippen LogP contribution in [-0.2, 0) is 6.61 Å². The molecule has 1 aromatic heterocycles. The summed E-state index contributed by atoms with van der Waals surface area (Å²) in [5.41, 5.74) is 8.59. The molecule has 0 aliphatic heterocycles. The maximum atomic E-state index is 5.90. The van der Waals surface area contributed by atoms with Crippen molar-refractivity contribution in [1.29, 1.82) is 0 Å². The van der Waals surface area contributed by atoms with E-state index < -0.39 is 0 Å². The second-order valence-corrected chi connectivity index (χ2v) is 4.58. The molecule has 0 amide bonds. The molecule has 1 heterocycles. The first-order valence-corrected chi connectivity index (χ1v) is 6.19. The zero-order valence-electron chi connectivity index (χ0n) is 10.7. The van der Waals surface area contributed by atoms with Gasteiger partial charge in [0, 0.05) is 11.1 Å². The standard InChI is InChI=1S/C16H15NO2/c1-11-4-2-5-12(8-11)18-10-13-9-14-15(17)6-3-7-16(14)19-13/h2-9H,10,17H2,1H3. The Labute approximate surface area is 111 Å². The van der Waals surface area contributed by atoms with E-state index in [9.17, 15) is 0 Å². The fourth-order valence-electron chi connectivity index (χ4n) is 2.07. The Morgan fingerprint density at radius 2 is 1.95 bits per heavy atom.